The molecule has 1 heterocycles. The molecular weight excluding hydrogens is 418 g/mol. The zero-order valence-corrected chi connectivity index (χ0v) is 17.3. The highest BCUT2D eigenvalue weighted by molar-refractivity contribution is 6.30. The molecule has 0 atom stereocenters. The third-order valence-electron chi connectivity index (χ3n) is 4.45. The van der Waals surface area contributed by atoms with Crippen LogP contribution < -0.4 is 25.0 Å². The van der Waals surface area contributed by atoms with Crippen LogP contribution in [-0.4, -0.2) is 25.5 Å². The number of halogens is 1. The first kappa shape index (κ1) is 20.6. The number of carbonyl (C=O) groups is 1. The summed E-state index contributed by atoms with van der Waals surface area (Å²) in [5, 5.41) is 7.73. The molecule has 0 radical (unpaired) electrons. The fourth-order valence-corrected chi connectivity index (χ4v) is 2.99. The van der Waals surface area contributed by atoms with Gasteiger partial charge in [0.05, 0.1) is 12.8 Å². The minimum absolute atomic E-state index is 0.0612. The monoisotopic (exact) mass is 437 g/mol. The van der Waals surface area contributed by atoms with E-state index in [9.17, 15) is 4.79 Å². The van der Waals surface area contributed by atoms with Crippen LogP contribution in [0.3, 0.4) is 0 Å². The molecule has 0 fully saturated rings. The standard InChI is InChI=1S/C23H20ClN3O4/c24-18-7-5-16(6-8-18)14-29-20-4-2-1-3-17(20)12-26-27-23(28)13-25-19-9-10-21-22(11-19)31-15-30-21/h1-12,25H,13-15H2,(H,27,28)/b26-12+. The van der Waals surface area contributed by atoms with Gasteiger partial charge in [0.2, 0.25) is 6.79 Å². The van der Waals surface area contributed by atoms with Gasteiger partial charge in [0.15, 0.2) is 11.5 Å². The Balaban J connectivity index is 1.28. The summed E-state index contributed by atoms with van der Waals surface area (Å²) >= 11 is 5.91. The van der Waals surface area contributed by atoms with Crippen molar-refractivity contribution < 1.29 is 19.0 Å². The summed E-state index contributed by atoms with van der Waals surface area (Å²) in [5.41, 5.74) is 5.01. The molecule has 2 N–H and O–H groups in total. The molecule has 3 aromatic carbocycles. The Morgan fingerprint density at radius 1 is 1.06 bits per heavy atom. The molecule has 158 valence electrons. The van der Waals surface area contributed by atoms with Gasteiger partial charge in [-0.3, -0.25) is 4.79 Å². The van der Waals surface area contributed by atoms with E-state index in [4.69, 9.17) is 25.8 Å². The highest BCUT2D eigenvalue weighted by Gasteiger charge is 2.13. The Hall–Kier alpha value is -3.71. The molecule has 1 amide bonds. The lowest BCUT2D eigenvalue weighted by atomic mass is 10.2. The maximum atomic E-state index is 12.1. The van der Waals surface area contributed by atoms with Crippen molar-refractivity contribution >= 4 is 29.4 Å². The molecule has 3 aromatic rings. The molecule has 0 bridgehead atoms. The highest BCUT2D eigenvalue weighted by atomic mass is 35.5. The second-order valence-corrected chi connectivity index (χ2v) is 7.10. The molecular formula is C23H20ClN3O4. The molecule has 7 nitrogen and oxygen atoms in total. The van der Waals surface area contributed by atoms with Crippen LogP contribution in [-0.2, 0) is 11.4 Å². The second kappa shape index (κ2) is 9.86. The largest absolute Gasteiger partial charge is 0.488 e. The van der Waals surface area contributed by atoms with Gasteiger partial charge >= 0.3 is 0 Å². The van der Waals surface area contributed by atoms with Crippen molar-refractivity contribution in [2.24, 2.45) is 5.10 Å². The zero-order chi connectivity index (χ0) is 21.5. The van der Waals surface area contributed by atoms with Crippen molar-refractivity contribution in [2.75, 3.05) is 18.7 Å². The quantitative estimate of drug-likeness (QED) is 0.407. The van der Waals surface area contributed by atoms with Gasteiger partial charge in [0.25, 0.3) is 5.91 Å². The minimum Gasteiger partial charge on any atom is -0.488 e. The van der Waals surface area contributed by atoms with Gasteiger partial charge in [-0.05, 0) is 42.0 Å². The molecule has 0 saturated carbocycles. The molecule has 0 spiro atoms. The Labute approximate surface area is 184 Å². The number of nitrogens with zero attached hydrogens (tertiary/aromatic N) is 1. The van der Waals surface area contributed by atoms with E-state index in [2.05, 4.69) is 15.8 Å². The van der Waals surface area contributed by atoms with E-state index in [1.165, 1.54) is 0 Å². The van der Waals surface area contributed by atoms with Gasteiger partial charge in [0, 0.05) is 22.3 Å². The van der Waals surface area contributed by atoms with Gasteiger partial charge in [0.1, 0.15) is 12.4 Å². The van der Waals surface area contributed by atoms with Crippen LogP contribution in [0.25, 0.3) is 0 Å². The number of amides is 1. The number of para-hydroxylation sites is 1. The van der Waals surface area contributed by atoms with Crippen molar-refractivity contribution in [2.45, 2.75) is 6.61 Å². The van der Waals surface area contributed by atoms with Gasteiger partial charge < -0.3 is 19.5 Å². The van der Waals surface area contributed by atoms with Crippen molar-refractivity contribution in [3.63, 3.8) is 0 Å². The third-order valence-corrected chi connectivity index (χ3v) is 4.70. The van der Waals surface area contributed by atoms with Gasteiger partial charge in [-0.1, -0.05) is 35.9 Å². The molecule has 8 heteroatoms. The number of benzene rings is 3. The minimum atomic E-state index is -0.284. The van der Waals surface area contributed by atoms with Crippen molar-refractivity contribution in [1.29, 1.82) is 0 Å². The maximum Gasteiger partial charge on any atom is 0.259 e. The van der Waals surface area contributed by atoms with Crippen molar-refractivity contribution in [1.82, 2.24) is 5.43 Å². The summed E-state index contributed by atoms with van der Waals surface area (Å²) in [4.78, 5) is 12.1. The van der Waals surface area contributed by atoms with Gasteiger partial charge in [-0.15, -0.1) is 0 Å². The Morgan fingerprint density at radius 2 is 1.87 bits per heavy atom. The molecule has 0 aromatic heterocycles. The lowest BCUT2D eigenvalue weighted by Gasteiger charge is -2.09. The Bertz CT molecular complexity index is 1090. The van der Waals surface area contributed by atoms with E-state index in [1.54, 1.807) is 18.3 Å². The van der Waals surface area contributed by atoms with E-state index in [1.807, 2.05) is 54.6 Å². The fourth-order valence-electron chi connectivity index (χ4n) is 2.86. The van der Waals surface area contributed by atoms with Crippen LogP contribution >= 0.6 is 11.6 Å². The van der Waals surface area contributed by atoms with Crippen LogP contribution in [0.2, 0.25) is 5.02 Å². The molecule has 0 saturated heterocycles. The predicted molar refractivity (Wildman–Crippen MR) is 119 cm³/mol. The van der Waals surface area contributed by atoms with Crippen LogP contribution in [0, 0.1) is 0 Å². The highest BCUT2D eigenvalue weighted by Crippen LogP contribution is 2.34. The van der Waals surface area contributed by atoms with E-state index in [0.29, 0.717) is 28.9 Å². The van der Waals surface area contributed by atoms with E-state index >= 15 is 0 Å². The summed E-state index contributed by atoms with van der Waals surface area (Å²) < 4.78 is 16.5. The van der Waals surface area contributed by atoms with Crippen LogP contribution in [0.4, 0.5) is 5.69 Å². The van der Waals surface area contributed by atoms with Crippen molar-refractivity contribution in [3.05, 3.63) is 82.9 Å². The molecule has 1 aliphatic rings. The summed E-state index contributed by atoms with van der Waals surface area (Å²) in [6.07, 6.45) is 1.55. The molecule has 0 aliphatic carbocycles. The lowest BCUT2D eigenvalue weighted by Crippen LogP contribution is -2.25. The molecule has 0 unspecified atom stereocenters. The number of nitrogens with one attached hydrogen (secondary N) is 2. The number of hydrogen-bond acceptors (Lipinski definition) is 6. The lowest BCUT2D eigenvalue weighted by molar-refractivity contribution is -0.119. The average Bonchev–Trinajstić information content (AvgIpc) is 3.26. The van der Waals surface area contributed by atoms with E-state index in [-0.39, 0.29) is 19.2 Å². The van der Waals surface area contributed by atoms with Crippen molar-refractivity contribution in [3.8, 4) is 17.2 Å². The SMILES string of the molecule is O=C(CNc1ccc2c(c1)OCO2)N/N=C/c1ccccc1OCc1ccc(Cl)cc1. The maximum absolute atomic E-state index is 12.1. The second-order valence-electron chi connectivity index (χ2n) is 6.67. The van der Waals surface area contributed by atoms with Crippen LogP contribution in [0.15, 0.2) is 71.8 Å². The van der Waals surface area contributed by atoms with E-state index in [0.717, 1.165) is 16.8 Å². The number of hydrogen-bond donors (Lipinski definition) is 2. The summed E-state index contributed by atoms with van der Waals surface area (Å²) in [6.45, 7) is 0.665. The summed E-state index contributed by atoms with van der Waals surface area (Å²) in [5.74, 6) is 1.72. The number of fused-ring (bicyclic) bond motifs is 1. The summed E-state index contributed by atoms with van der Waals surface area (Å²) in [6, 6.07) is 20.3. The molecule has 4 rings (SSSR count). The third kappa shape index (κ3) is 5.67. The number of rotatable bonds is 8. The first-order valence-electron chi connectivity index (χ1n) is 9.59. The fraction of sp³-hybridized carbons (Fsp3) is 0.130. The first-order valence-corrected chi connectivity index (χ1v) is 9.97. The predicted octanol–water partition coefficient (Wildman–Crippen LogP) is 4.21. The number of ether oxygens (including phenoxy) is 3. The zero-order valence-electron chi connectivity index (χ0n) is 16.5. The number of carbonyl (C=O) groups excluding carboxylic acids is 1. The van der Waals surface area contributed by atoms with Crippen LogP contribution in [0.1, 0.15) is 11.1 Å². The number of hydrazone groups is 1. The molecule has 31 heavy (non-hydrogen) atoms. The van der Waals surface area contributed by atoms with Gasteiger partial charge in [-0.25, -0.2) is 5.43 Å². The Morgan fingerprint density at radius 3 is 2.74 bits per heavy atom. The molecule has 1 aliphatic heterocycles. The Kier molecular flexibility index (Phi) is 6.54. The smallest absolute Gasteiger partial charge is 0.259 e. The van der Waals surface area contributed by atoms with Crippen LogP contribution in [0.5, 0.6) is 17.2 Å². The average molecular weight is 438 g/mol. The number of anilines is 1. The van der Waals surface area contributed by atoms with E-state index < -0.39 is 0 Å². The first-order chi connectivity index (χ1) is 15.2. The van der Waals surface area contributed by atoms with Gasteiger partial charge in [-0.2, -0.15) is 5.10 Å². The topological polar surface area (TPSA) is 81.2 Å². The normalized spacial score (nSPS) is 12.0. The summed E-state index contributed by atoms with van der Waals surface area (Å²) in [7, 11) is 0.